The first-order valence-corrected chi connectivity index (χ1v) is 9.84. The van der Waals surface area contributed by atoms with Gasteiger partial charge in [0.05, 0.1) is 24.2 Å². The van der Waals surface area contributed by atoms with Crippen LogP contribution >= 0.6 is 11.8 Å². The highest BCUT2D eigenvalue weighted by Gasteiger charge is 2.36. The SMILES string of the molecule is CCCSc1nc2c(c(=O)[nH]1)[C@@H](c1ccc(C)cc1)C(C(=O)OC)=C(C)N2. The van der Waals surface area contributed by atoms with E-state index in [0.717, 1.165) is 23.3 Å². The number of allylic oxidation sites excluding steroid dienone is 1. The van der Waals surface area contributed by atoms with Crippen LogP contribution in [0, 0.1) is 6.92 Å². The summed E-state index contributed by atoms with van der Waals surface area (Å²) in [6.45, 7) is 5.87. The Morgan fingerprint density at radius 3 is 2.59 bits per heavy atom. The molecule has 0 saturated heterocycles. The van der Waals surface area contributed by atoms with E-state index in [2.05, 4.69) is 22.2 Å². The van der Waals surface area contributed by atoms with Crippen molar-refractivity contribution in [2.24, 2.45) is 0 Å². The zero-order chi connectivity index (χ0) is 19.6. The molecule has 3 rings (SSSR count). The molecule has 27 heavy (non-hydrogen) atoms. The number of esters is 1. The Kier molecular flexibility index (Phi) is 5.70. The molecule has 1 aromatic carbocycles. The maximum Gasteiger partial charge on any atom is 0.336 e. The molecule has 1 atom stereocenters. The van der Waals surface area contributed by atoms with E-state index in [1.165, 1.54) is 18.9 Å². The van der Waals surface area contributed by atoms with Gasteiger partial charge in [-0.15, -0.1) is 0 Å². The molecule has 7 heteroatoms. The van der Waals surface area contributed by atoms with Crippen LogP contribution < -0.4 is 10.9 Å². The largest absolute Gasteiger partial charge is 0.466 e. The van der Waals surface area contributed by atoms with Crippen molar-refractivity contribution >= 4 is 23.5 Å². The van der Waals surface area contributed by atoms with Crippen molar-refractivity contribution in [2.45, 2.75) is 38.3 Å². The first-order valence-electron chi connectivity index (χ1n) is 8.86. The summed E-state index contributed by atoms with van der Waals surface area (Å²) in [5.74, 6) is 0.370. The lowest BCUT2D eigenvalue weighted by atomic mass is 9.82. The Balaban J connectivity index is 2.19. The van der Waals surface area contributed by atoms with Gasteiger partial charge in [0.25, 0.3) is 5.56 Å². The number of ether oxygens (including phenoxy) is 1. The lowest BCUT2D eigenvalue weighted by Gasteiger charge is -2.28. The Labute approximate surface area is 162 Å². The third-order valence-corrected chi connectivity index (χ3v) is 5.56. The summed E-state index contributed by atoms with van der Waals surface area (Å²) in [7, 11) is 1.34. The summed E-state index contributed by atoms with van der Waals surface area (Å²) in [5.41, 5.74) is 3.21. The van der Waals surface area contributed by atoms with Crippen LogP contribution in [0.2, 0.25) is 0 Å². The highest BCUT2D eigenvalue weighted by molar-refractivity contribution is 7.99. The quantitative estimate of drug-likeness (QED) is 0.465. The fourth-order valence-electron chi connectivity index (χ4n) is 3.17. The zero-order valence-corrected chi connectivity index (χ0v) is 16.7. The second-order valence-corrected chi connectivity index (χ2v) is 7.56. The number of carbonyl (C=O) groups is 1. The summed E-state index contributed by atoms with van der Waals surface area (Å²) >= 11 is 1.50. The smallest absolute Gasteiger partial charge is 0.336 e. The number of fused-ring (bicyclic) bond motifs is 1. The van der Waals surface area contributed by atoms with E-state index < -0.39 is 11.9 Å². The number of aryl methyl sites for hydroxylation is 1. The van der Waals surface area contributed by atoms with Gasteiger partial charge in [0.1, 0.15) is 5.82 Å². The van der Waals surface area contributed by atoms with E-state index in [4.69, 9.17) is 4.74 Å². The topological polar surface area (TPSA) is 84.1 Å². The Bertz CT molecular complexity index is 948. The van der Waals surface area contributed by atoms with Gasteiger partial charge in [-0.2, -0.15) is 0 Å². The molecule has 0 bridgehead atoms. The van der Waals surface area contributed by atoms with Gasteiger partial charge in [-0.05, 0) is 25.8 Å². The third-order valence-electron chi connectivity index (χ3n) is 4.48. The third kappa shape index (κ3) is 3.78. The minimum Gasteiger partial charge on any atom is -0.466 e. The van der Waals surface area contributed by atoms with Gasteiger partial charge in [-0.25, -0.2) is 9.78 Å². The van der Waals surface area contributed by atoms with Gasteiger partial charge in [0, 0.05) is 11.4 Å². The minimum absolute atomic E-state index is 0.245. The molecule has 2 heterocycles. The number of nitrogens with zero attached hydrogens (tertiary/aromatic N) is 1. The fraction of sp³-hybridized carbons (Fsp3) is 0.350. The predicted molar refractivity (Wildman–Crippen MR) is 107 cm³/mol. The molecular formula is C20H23N3O3S. The van der Waals surface area contributed by atoms with E-state index in [0.29, 0.717) is 27.8 Å². The predicted octanol–water partition coefficient (Wildman–Crippen LogP) is 3.58. The Morgan fingerprint density at radius 2 is 1.96 bits per heavy atom. The normalized spacial score (nSPS) is 15.9. The van der Waals surface area contributed by atoms with Crippen molar-refractivity contribution in [3.05, 3.63) is 62.6 Å². The fourth-order valence-corrected chi connectivity index (χ4v) is 3.89. The van der Waals surface area contributed by atoms with Crippen molar-refractivity contribution in [1.29, 1.82) is 0 Å². The molecule has 1 aliphatic heterocycles. The van der Waals surface area contributed by atoms with E-state index in [-0.39, 0.29) is 5.56 Å². The summed E-state index contributed by atoms with van der Waals surface area (Å²) in [5, 5.41) is 3.70. The number of hydrogen-bond acceptors (Lipinski definition) is 6. The van der Waals surface area contributed by atoms with E-state index in [1.54, 1.807) is 6.92 Å². The first kappa shape index (κ1) is 19.2. The highest BCUT2D eigenvalue weighted by atomic mass is 32.2. The number of carbonyl (C=O) groups excluding carboxylic acids is 1. The average Bonchev–Trinajstić information content (AvgIpc) is 2.65. The number of H-pyrrole nitrogens is 1. The number of benzene rings is 1. The van der Waals surface area contributed by atoms with Crippen LogP contribution in [0.3, 0.4) is 0 Å². The van der Waals surface area contributed by atoms with Crippen LogP contribution in [0.15, 0.2) is 45.5 Å². The number of thioether (sulfide) groups is 1. The van der Waals surface area contributed by atoms with Gasteiger partial charge < -0.3 is 15.0 Å². The maximum absolute atomic E-state index is 12.9. The van der Waals surface area contributed by atoms with Gasteiger partial charge in [0.2, 0.25) is 0 Å². The molecule has 0 spiro atoms. The van der Waals surface area contributed by atoms with Crippen LogP contribution in [-0.2, 0) is 9.53 Å². The average molecular weight is 385 g/mol. The van der Waals surface area contributed by atoms with Gasteiger partial charge in [-0.3, -0.25) is 4.79 Å². The number of anilines is 1. The molecule has 0 radical (unpaired) electrons. The molecule has 0 amide bonds. The van der Waals surface area contributed by atoms with Crippen molar-refractivity contribution < 1.29 is 9.53 Å². The second-order valence-electron chi connectivity index (χ2n) is 6.48. The molecule has 0 aliphatic carbocycles. The number of nitrogens with one attached hydrogen (secondary N) is 2. The van der Waals surface area contributed by atoms with Gasteiger partial charge in [0.15, 0.2) is 5.16 Å². The maximum atomic E-state index is 12.9. The van der Waals surface area contributed by atoms with E-state index in [1.807, 2.05) is 31.2 Å². The van der Waals surface area contributed by atoms with E-state index >= 15 is 0 Å². The van der Waals surface area contributed by atoms with Crippen molar-refractivity contribution in [1.82, 2.24) is 9.97 Å². The molecule has 0 saturated carbocycles. The lowest BCUT2D eigenvalue weighted by Crippen LogP contribution is -2.31. The number of aromatic nitrogens is 2. The molecule has 2 aromatic rings. The number of hydrogen-bond donors (Lipinski definition) is 2. The minimum atomic E-state index is -0.532. The van der Waals surface area contributed by atoms with Crippen LogP contribution in [0.5, 0.6) is 0 Å². The summed E-state index contributed by atoms with van der Waals surface area (Å²) in [6.07, 6.45) is 0.982. The second kappa shape index (κ2) is 8.00. The van der Waals surface area contributed by atoms with Gasteiger partial charge in [-0.1, -0.05) is 48.5 Å². The van der Waals surface area contributed by atoms with Crippen LogP contribution in [-0.4, -0.2) is 28.8 Å². The molecule has 1 aliphatic rings. The molecule has 0 fully saturated rings. The summed E-state index contributed by atoms with van der Waals surface area (Å²) in [4.78, 5) is 32.9. The lowest BCUT2D eigenvalue weighted by molar-refractivity contribution is -0.136. The van der Waals surface area contributed by atoms with Crippen molar-refractivity contribution in [3.8, 4) is 0 Å². The molecule has 1 aromatic heterocycles. The molecule has 142 valence electrons. The highest BCUT2D eigenvalue weighted by Crippen LogP contribution is 2.40. The van der Waals surface area contributed by atoms with Crippen LogP contribution in [0.1, 0.15) is 42.9 Å². The Hall–Kier alpha value is -2.54. The Morgan fingerprint density at radius 1 is 1.26 bits per heavy atom. The molecule has 2 N–H and O–H groups in total. The zero-order valence-electron chi connectivity index (χ0n) is 15.9. The van der Waals surface area contributed by atoms with E-state index in [9.17, 15) is 9.59 Å². The first-order chi connectivity index (χ1) is 13.0. The van der Waals surface area contributed by atoms with Crippen molar-refractivity contribution in [3.63, 3.8) is 0 Å². The van der Waals surface area contributed by atoms with Crippen molar-refractivity contribution in [2.75, 3.05) is 18.2 Å². The number of aromatic amines is 1. The summed E-state index contributed by atoms with van der Waals surface area (Å²) < 4.78 is 4.99. The van der Waals surface area contributed by atoms with Crippen LogP contribution in [0.25, 0.3) is 0 Å². The molecular weight excluding hydrogens is 362 g/mol. The summed E-state index contributed by atoms with van der Waals surface area (Å²) in [6, 6.07) is 7.80. The van der Waals surface area contributed by atoms with Crippen LogP contribution in [0.4, 0.5) is 5.82 Å². The number of methoxy groups -OCH3 is 1. The molecule has 0 unspecified atom stereocenters. The van der Waals surface area contributed by atoms with Gasteiger partial charge >= 0.3 is 5.97 Å². The standard InChI is InChI=1S/C20H23N3O3S/c1-5-10-27-20-22-17-16(18(24)23-20)15(13-8-6-11(2)7-9-13)14(12(3)21-17)19(25)26-4/h6-9,15H,5,10H2,1-4H3,(H2,21,22,23,24)/t15-/m0/s1. The molecule has 6 nitrogen and oxygen atoms in total. The monoisotopic (exact) mass is 385 g/mol. The number of rotatable bonds is 5.